The van der Waals surface area contributed by atoms with E-state index in [2.05, 4.69) is 9.97 Å². The lowest BCUT2D eigenvalue weighted by atomic mass is 9.78. The van der Waals surface area contributed by atoms with Gasteiger partial charge in [-0.15, -0.1) is 0 Å². The summed E-state index contributed by atoms with van der Waals surface area (Å²) in [4.78, 5) is 22.4. The van der Waals surface area contributed by atoms with Crippen molar-refractivity contribution in [3.63, 3.8) is 0 Å². The predicted molar refractivity (Wildman–Crippen MR) is 111 cm³/mol. The number of pyridine rings is 1. The van der Waals surface area contributed by atoms with Crippen molar-refractivity contribution in [1.82, 2.24) is 14.9 Å². The molecule has 3 aliphatic rings. The first-order chi connectivity index (χ1) is 15.2. The molecular formula is C23H23N3O5. The Morgan fingerprint density at radius 1 is 1.16 bits per heavy atom. The Morgan fingerprint density at radius 3 is 2.90 bits per heavy atom. The number of hydrogen-bond donors (Lipinski definition) is 2. The first-order valence-corrected chi connectivity index (χ1v) is 10.6. The number of amides is 1. The Morgan fingerprint density at radius 2 is 2.00 bits per heavy atom. The van der Waals surface area contributed by atoms with Gasteiger partial charge in [0.15, 0.2) is 11.5 Å². The lowest BCUT2D eigenvalue weighted by Crippen LogP contribution is -2.42. The molecule has 2 fully saturated rings. The SMILES string of the molecule is O=C(c1c[nH]c2ncccc12)N1C[C@H]2C[C@@H](Oc3ccc4c(c3)OCO4)[C@H](O)C[C@H]2C1. The van der Waals surface area contributed by atoms with E-state index in [4.69, 9.17) is 14.2 Å². The topological polar surface area (TPSA) is 96.9 Å². The van der Waals surface area contributed by atoms with Crippen molar-refractivity contribution in [1.29, 1.82) is 0 Å². The number of aliphatic hydroxyl groups is 1. The van der Waals surface area contributed by atoms with Crippen LogP contribution < -0.4 is 14.2 Å². The first kappa shape index (κ1) is 18.5. The van der Waals surface area contributed by atoms with Crippen LogP contribution in [0.2, 0.25) is 0 Å². The number of hydrogen-bond acceptors (Lipinski definition) is 6. The van der Waals surface area contributed by atoms with Gasteiger partial charge in [0.05, 0.1) is 11.7 Å². The molecule has 4 atom stereocenters. The third-order valence-corrected chi connectivity index (χ3v) is 6.69. The van der Waals surface area contributed by atoms with Crippen LogP contribution >= 0.6 is 0 Å². The van der Waals surface area contributed by atoms with Crippen LogP contribution in [0.15, 0.2) is 42.7 Å². The van der Waals surface area contributed by atoms with Crippen LogP contribution in [0.1, 0.15) is 23.2 Å². The summed E-state index contributed by atoms with van der Waals surface area (Å²) in [6.45, 7) is 1.54. The van der Waals surface area contributed by atoms with E-state index in [0.29, 0.717) is 54.7 Å². The largest absolute Gasteiger partial charge is 0.488 e. The second-order valence-electron chi connectivity index (χ2n) is 8.54. The van der Waals surface area contributed by atoms with Crippen LogP contribution in [0.3, 0.4) is 0 Å². The van der Waals surface area contributed by atoms with Crippen LogP contribution in [0, 0.1) is 11.8 Å². The average molecular weight is 421 g/mol. The average Bonchev–Trinajstić information content (AvgIpc) is 3.51. The second kappa shape index (κ2) is 7.16. The number of H-pyrrole nitrogens is 1. The molecule has 2 aliphatic heterocycles. The molecule has 8 nitrogen and oxygen atoms in total. The van der Waals surface area contributed by atoms with Crippen molar-refractivity contribution >= 4 is 16.9 Å². The molecular weight excluding hydrogens is 398 g/mol. The maximum Gasteiger partial charge on any atom is 0.256 e. The quantitative estimate of drug-likeness (QED) is 0.675. The van der Waals surface area contributed by atoms with Gasteiger partial charge >= 0.3 is 0 Å². The van der Waals surface area contributed by atoms with Crippen LogP contribution in [-0.4, -0.2) is 58.0 Å². The molecule has 1 saturated heterocycles. The number of nitrogens with zero attached hydrogens (tertiary/aromatic N) is 2. The molecule has 3 aromatic rings. The smallest absolute Gasteiger partial charge is 0.256 e. The molecule has 31 heavy (non-hydrogen) atoms. The van der Waals surface area contributed by atoms with E-state index < -0.39 is 6.10 Å². The third-order valence-electron chi connectivity index (χ3n) is 6.69. The number of ether oxygens (including phenoxy) is 3. The van der Waals surface area contributed by atoms with Crippen molar-refractivity contribution in [2.24, 2.45) is 11.8 Å². The predicted octanol–water partition coefficient (Wildman–Crippen LogP) is 2.58. The summed E-state index contributed by atoms with van der Waals surface area (Å²) < 4.78 is 16.9. The fraction of sp³-hybridized carbons (Fsp3) is 0.391. The van der Waals surface area contributed by atoms with Crippen LogP contribution in [0.25, 0.3) is 11.0 Å². The number of aromatic amines is 1. The maximum atomic E-state index is 13.2. The van der Waals surface area contributed by atoms with E-state index in [1.807, 2.05) is 29.2 Å². The summed E-state index contributed by atoms with van der Waals surface area (Å²) in [5.74, 6) is 2.61. The Bertz CT molecular complexity index is 1150. The number of carbonyl (C=O) groups is 1. The number of aliphatic hydroxyl groups excluding tert-OH is 1. The third kappa shape index (κ3) is 3.18. The van der Waals surface area contributed by atoms with E-state index in [1.54, 1.807) is 18.5 Å². The lowest BCUT2D eigenvalue weighted by Gasteiger charge is -2.35. The molecule has 2 aromatic heterocycles. The van der Waals surface area contributed by atoms with Gasteiger partial charge in [0.1, 0.15) is 17.5 Å². The lowest BCUT2D eigenvalue weighted by molar-refractivity contribution is -0.0232. The van der Waals surface area contributed by atoms with Gasteiger partial charge in [-0.25, -0.2) is 4.98 Å². The van der Waals surface area contributed by atoms with Gasteiger partial charge in [-0.1, -0.05) is 0 Å². The number of benzene rings is 1. The van der Waals surface area contributed by atoms with Crippen molar-refractivity contribution in [2.45, 2.75) is 25.0 Å². The van der Waals surface area contributed by atoms with Crippen molar-refractivity contribution in [2.75, 3.05) is 19.9 Å². The zero-order chi connectivity index (χ0) is 20.9. The number of rotatable bonds is 3. The zero-order valence-electron chi connectivity index (χ0n) is 16.9. The Kier molecular flexibility index (Phi) is 4.27. The fourth-order valence-corrected chi connectivity index (χ4v) is 5.11. The van der Waals surface area contributed by atoms with Gasteiger partial charge in [0.25, 0.3) is 5.91 Å². The van der Waals surface area contributed by atoms with Crippen LogP contribution in [0.4, 0.5) is 0 Å². The highest BCUT2D eigenvalue weighted by Gasteiger charge is 2.44. The molecule has 1 saturated carbocycles. The molecule has 4 heterocycles. The van der Waals surface area contributed by atoms with Gasteiger partial charge < -0.3 is 29.2 Å². The van der Waals surface area contributed by atoms with Gasteiger partial charge in [-0.05, 0) is 48.9 Å². The molecule has 0 unspecified atom stereocenters. The van der Waals surface area contributed by atoms with Crippen molar-refractivity contribution < 1.29 is 24.1 Å². The minimum Gasteiger partial charge on any atom is -0.488 e. The van der Waals surface area contributed by atoms with E-state index in [0.717, 1.165) is 11.0 Å². The molecule has 0 radical (unpaired) electrons. The number of nitrogens with one attached hydrogen (secondary N) is 1. The molecule has 1 aromatic carbocycles. The first-order valence-electron chi connectivity index (χ1n) is 10.6. The minimum absolute atomic E-state index is 0.0105. The van der Waals surface area contributed by atoms with Crippen molar-refractivity contribution in [3.8, 4) is 17.2 Å². The van der Waals surface area contributed by atoms with Crippen LogP contribution in [-0.2, 0) is 0 Å². The number of likely N-dealkylation sites (tertiary alicyclic amines) is 1. The Labute approximate surface area is 178 Å². The summed E-state index contributed by atoms with van der Waals surface area (Å²) in [5, 5.41) is 11.6. The Balaban J connectivity index is 1.16. The highest BCUT2D eigenvalue weighted by Crippen LogP contribution is 2.40. The standard InChI is InChI=1S/C23H23N3O5/c27-18-6-13-10-26(23(28)17-9-25-22-16(17)2-1-5-24-22)11-14(13)7-20(18)31-15-3-4-19-21(8-15)30-12-29-19/h1-5,8-9,13-14,18,20,27H,6-7,10-12H2,(H,24,25)/t13-,14+,18+,20+/m0/s1. The molecule has 1 amide bonds. The van der Waals surface area contributed by atoms with E-state index >= 15 is 0 Å². The highest BCUT2D eigenvalue weighted by molar-refractivity contribution is 6.05. The monoisotopic (exact) mass is 421 g/mol. The summed E-state index contributed by atoms with van der Waals surface area (Å²) in [7, 11) is 0. The number of aromatic nitrogens is 2. The maximum absolute atomic E-state index is 13.2. The normalized spacial score (nSPS) is 26.8. The van der Waals surface area contributed by atoms with E-state index in [1.165, 1.54) is 0 Å². The molecule has 2 N–H and O–H groups in total. The summed E-state index contributed by atoms with van der Waals surface area (Å²) in [6, 6.07) is 9.21. The molecule has 160 valence electrons. The number of fused-ring (bicyclic) bond motifs is 3. The van der Waals surface area contributed by atoms with Crippen LogP contribution in [0.5, 0.6) is 17.2 Å². The Hall–Kier alpha value is -3.26. The summed E-state index contributed by atoms with van der Waals surface area (Å²) in [5.41, 5.74) is 1.37. The molecule has 8 heteroatoms. The van der Waals surface area contributed by atoms with Crippen molar-refractivity contribution in [3.05, 3.63) is 48.3 Å². The van der Waals surface area contributed by atoms with Gasteiger partial charge in [-0.2, -0.15) is 0 Å². The van der Waals surface area contributed by atoms with E-state index in [-0.39, 0.29) is 24.7 Å². The fourth-order valence-electron chi connectivity index (χ4n) is 5.11. The highest BCUT2D eigenvalue weighted by atomic mass is 16.7. The molecule has 6 rings (SSSR count). The second-order valence-corrected chi connectivity index (χ2v) is 8.54. The van der Waals surface area contributed by atoms with Gasteiger partial charge in [-0.3, -0.25) is 4.79 Å². The summed E-state index contributed by atoms with van der Waals surface area (Å²) >= 11 is 0. The molecule has 0 bridgehead atoms. The number of carbonyl (C=O) groups excluding carboxylic acids is 1. The zero-order valence-corrected chi connectivity index (χ0v) is 16.9. The summed E-state index contributed by atoms with van der Waals surface area (Å²) in [6.07, 6.45) is 3.90. The van der Waals surface area contributed by atoms with E-state index in [9.17, 15) is 9.90 Å². The van der Waals surface area contributed by atoms with Gasteiger partial charge in [0.2, 0.25) is 6.79 Å². The van der Waals surface area contributed by atoms with Gasteiger partial charge in [0, 0.05) is 36.9 Å². The minimum atomic E-state index is -0.570. The molecule has 1 aliphatic carbocycles. The molecule has 0 spiro atoms.